The lowest BCUT2D eigenvalue weighted by molar-refractivity contribution is 0.316. The van der Waals surface area contributed by atoms with Gasteiger partial charge in [0.25, 0.3) is 0 Å². The molecule has 0 spiro atoms. The molecular weight excluding hydrogens is 132 g/mol. The van der Waals surface area contributed by atoms with Gasteiger partial charge in [-0.3, -0.25) is 0 Å². The summed E-state index contributed by atoms with van der Waals surface area (Å²) in [6.45, 7) is 7.40. The Morgan fingerprint density at radius 2 is 1.64 bits per heavy atom. The van der Waals surface area contributed by atoms with Crippen LogP contribution in [0.15, 0.2) is 0 Å². The molecule has 0 heterocycles. The first-order chi connectivity index (χ1) is 5.06. The van der Waals surface area contributed by atoms with Crippen LogP contribution in [-0.2, 0) is 0 Å². The van der Waals surface area contributed by atoms with Gasteiger partial charge in [0.2, 0.25) is 0 Å². The second-order valence-electron chi connectivity index (χ2n) is 5.98. The van der Waals surface area contributed by atoms with Crippen molar-refractivity contribution in [3.05, 3.63) is 0 Å². The second-order valence-corrected chi connectivity index (χ2v) is 5.98. The van der Waals surface area contributed by atoms with Gasteiger partial charge in [0.05, 0.1) is 0 Å². The standard InChI is InChI=1S/C11H18/c1-10(2)6-8(10)9-7-4-5-11(7,9)3/h7-9H,4-6H2,1-3H3. The Morgan fingerprint density at radius 1 is 1.09 bits per heavy atom. The van der Waals surface area contributed by atoms with Crippen molar-refractivity contribution in [2.75, 3.05) is 0 Å². The molecular formula is C11H18. The highest BCUT2D eigenvalue weighted by Gasteiger charge is 2.73. The van der Waals surface area contributed by atoms with Crippen molar-refractivity contribution in [2.24, 2.45) is 28.6 Å². The Bertz CT molecular complexity index is 216. The second kappa shape index (κ2) is 1.41. The van der Waals surface area contributed by atoms with Crippen molar-refractivity contribution in [1.82, 2.24) is 0 Å². The fourth-order valence-corrected chi connectivity index (χ4v) is 3.67. The Kier molecular flexibility index (Phi) is 0.832. The lowest BCUT2D eigenvalue weighted by atomic mass is 9.86. The number of rotatable bonds is 1. The predicted molar refractivity (Wildman–Crippen MR) is 46.2 cm³/mol. The molecule has 4 atom stereocenters. The summed E-state index contributed by atoms with van der Waals surface area (Å²) in [5.74, 6) is 3.42. The largest absolute Gasteiger partial charge is 0.0596 e. The molecule has 0 aliphatic heterocycles. The van der Waals surface area contributed by atoms with Crippen LogP contribution in [0.3, 0.4) is 0 Å². The summed E-state index contributed by atoms with van der Waals surface area (Å²) in [5, 5.41) is 0. The first kappa shape index (κ1) is 6.51. The minimum absolute atomic E-state index is 0.727. The van der Waals surface area contributed by atoms with Crippen LogP contribution in [0, 0.1) is 28.6 Å². The molecule has 3 aliphatic rings. The van der Waals surface area contributed by atoms with Crippen LogP contribution < -0.4 is 0 Å². The van der Waals surface area contributed by atoms with Crippen molar-refractivity contribution in [2.45, 2.75) is 40.0 Å². The van der Waals surface area contributed by atoms with Crippen LogP contribution in [0.5, 0.6) is 0 Å². The van der Waals surface area contributed by atoms with Crippen LogP contribution >= 0.6 is 0 Å². The number of hydrogen-bond acceptors (Lipinski definition) is 0. The Balaban J connectivity index is 1.76. The van der Waals surface area contributed by atoms with E-state index in [0.717, 1.165) is 28.6 Å². The van der Waals surface area contributed by atoms with Crippen molar-refractivity contribution in [3.8, 4) is 0 Å². The van der Waals surface area contributed by atoms with E-state index >= 15 is 0 Å². The van der Waals surface area contributed by atoms with E-state index in [2.05, 4.69) is 20.8 Å². The smallest absolute Gasteiger partial charge is 0.0260 e. The summed E-state index contributed by atoms with van der Waals surface area (Å²) in [5.41, 5.74) is 1.57. The van der Waals surface area contributed by atoms with Crippen LogP contribution in [0.4, 0.5) is 0 Å². The fraction of sp³-hybridized carbons (Fsp3) is 1.00. The third kappa shape index (κ3) is 0.588. The van der Waals surface area contributed by atoms with Crippen molar-refractivity contribution < 1.29 is 0 Å². The predicted octanol–water partition coefficient (Wildman–Crippen LogP) is 3.08. The summed E-state index contributed by atoms with van der Waals surface area (Å²) in [6.07, 6.45) is 4.60. The van der Waals surface area contributed by atoms with E-state index in [9.17, 15) is 0 Å². The molecule has 4 unspecified atom stereocenters. The summed E-state index contributed by atoms with van der Waals surface area (Å²) in [6, 6.07) is 0. The van der Waals surface area contributed by atoms with Crippen LogP contribution in [0.25, 0.3) is 0 Å². The molecule has 0 aromatic rings. The molecule has 11 heavy (non-hydrogen) atoms. The van der Waals surface area contributed by atoms with Crippen molar-refractivity contribution >= 4 is 0 Å². The molecule has 0 amide bonds. The summed E-state index contributed by atoms with van der Waals surface area (Å²) < 4.78 is 0. The summed E-state index contributed by atoms with van der Waals surface area (Å²) in [7, 11) is 0. The molecule has 0 heteroatoms. The van der Waals surface area contributed by atoms with Gasteiger partial charge in [-0.05, 0) is 47.8 Å². The van der Waals surface area contributed by atoms with E-state index in [1.165, 1.54) is 12.8 Å². The first-order valence-electron chi connectivity index (χ1n) is 5.06. The van der Waals surface area contributed by atoms with Gasteiger partial charge in [-0.15, -0.1) is 0 Å². The Hall–Kier alpha value is 0. The molecule has 62 valence electrons. The van der Waals surface area contributed by atoms with Crippen LogP contribution in [0.2, 0.25) is 0 Å². The highest BCUT2D eigenvalue weighted by Crippen LogP contribution is 2.80. The molecule has 0 radical (unpaired) electrons. The topological polar surface area (TPSA) is 0 Å². The summed E-state index contributed by atoms with van der Waals surface area (Å²) >= 11 is 0. The lowest BCUT2D eigenvalue weighted by Crippen LogP contribution is -2.09. The maximum Gasteiger partial charge on any atom is -0.0260 e. The maximum atomic E-state index is 2.51. The van der Waals surface area contributed by atoms with Gasteiger partial charge < -0.3 is 0 Å². The molecule has 0 nitrogen and oxygen atoms in total. The van der Waals surface area contributed by atoms with E-state index in [1.807, 2.05) is 0 Å². The molecule has 0 aromatic carbocycles. The van der Waals surface area contributed by atoms with Gasteiger partial charge in [-0.25, -0.2) is 0 Å². The zero-order valence-corrected chi connectivity index (χ0v) is 7.85. The van der Waals surface area contributed by atoms with Crippen molar-refractivity contribution in [1.29, 1.82) is 0 Å². The molecule has 0 bridgehead atoms. The summed E-state index contributed by atoms with van der Waals surface area (Å²) in [4.78, 5) is 0. The molecule has 3 aliphatic carbocycles. The van der Waals surface area contributed by atoms with E-state index in [0.29, 0.717) is 0 Å². The number of fused-ring (bicyclic) bond motifs is 1. The van der Waals surface area contributed by atoms with E-state index in [1.54, 1.807) is 6.42 Å². The van der Waals surface area contributed by atoms with Gasteiger partial charge in [0.1, 0.15) is 0 Å². The van der Waals surface area contributed by atoms with E-state index in [-0.39, 0.29) is 0 Å². The van der Waals surface area contributed by atoms with Gasteiger partial charge in [-0.2, -0.15) is 0 Å². The molecule has 0 N–H and O–H groups in total. The first-order valence-corrected chi connectivity index (χ1v) is 5.06. The highest BCUT2D eigenvalue weighted by molar-refractivity contribution is 5.22. The molecule has 0 saturated heterocycles. The third-order valence-electron chi connectivity index (χ3n) is 4.95. The zero-order chi connectivity index (χ0) is 7.85. The molecule has 3 saturated carbocycles. The minimum atomic E-state index is 0.727. The van der Waals surface area contributed by atoms with Gasteiger partial charge in [-0.1, -0.05) is 20.8 Å². The fourth-order valence-electron chi connectivity index (χ4n) is 3.67. The Labute approximate surface area is 69.4 Å². The zero-order valence-electron chi connectivity index (χ0n) is 7.85. The minimum Gasteiger partial charge on any atom is -0.0596 e. The molecule has 0 aromatic heterocycles. The average molecular weight is 150 g/mol. The van der Waals surface area contributed by atoms with E-state index in [4.69, 9.17) is 0 Å². The lowest BCUT2D eigenvalue weighted by Gasteiger charge is -2.19. The average Bonchev–Trinajstić information content (AvgIpc) is 2.60. The maximum absolute atomic E-state index is 2.51. The molecule has 3 rings (SSSR count). The van der Waals surface area contributed by atoms with Gasteiger partial charge in [0.15, 0.2) is 0 Å². The molecule has 3 fully saturated rings. The van der Waals surface area contributed by atoms with Crippen molar-refractivity contribution in [3.63, 3.8) is 0 Å². The van der Waals surface area contributed by atoms with Gasteiger partial charge in [0, 0.05) is 0 Å². The normalized spacial score (nSPS) is 63.0. The van der Waals surface area contributed by atoms with Crippen LogP contribution in [-0.4, -0.2) is 0 Å². The third-order valence-corrected chi connectivity index (χ3v) is 4.95. The van der Waals surface area contributed by atoms with Crippen LogP contribution in [0.1, 0.15) is 40.0 Å². The Morgan fingerprint density at radius 3 is 1.91 bits per heavy atom. The SMILES string of the molecule is CC1(C)CC1C1C2CCC21C. The highest BCUT2D eigenvalue weighted by atomic mass is 14.8. The van der Waals surface area contributed by atoms with Gasteiger partial charge >= 0.3 is 0 Å². The quantitative estimate of drug-likeness (QED) is 0.539. The monoisotopic (exact) mass is 150 g/mol. The van der Waals surface area contributed by atoms with E-state index < -0.39 is 0 Å². The number of hydrogen-bond donors (Lipinski definition) is 0.